The van der Waals surface area contributed by atoms with Crippen LogP contribution >= 0.6 is 11.3 Å². The Labute approximate surface area is 418 Å². The van der Waals surface area contributed by atoms with Gasteiger partial charge in [-0.1, -0.05) is 127 Å². The molecule has 10 aromatic rings. The van der Waals surface area contributed by atoms with E-state index < -0.39 is 28.5 Å². The highest BCUT2D eigenvalue weighted by atomic mass is 32.1. The zero-order valence-corrected chi connectivity index (χ0v) is 39.1. The Morgan fingerprint density at radius 1 is 0.639 bits per heavy atom. The van der Waals surface area contributed by atoms with Crippen molar-refractivity contribution in [2.45, 2.75) is 6.42 Å². The molecule has 12 heteroatoms. The number of amidine groups is 2. The number of aromatic hydroxyl groups is 4. The Hall–Kier alpha value is -9.49. The van der Waals surface area contributed by atoms with Gasteiger partial charge in [-0.15, -0.1) is 11.3 Å². The van der Waals surface area contributed by atoms with E-state index in [1.54, 1.807) is 29.5 Å². The number of thiophene rings is 1. The third-order valence-electron chi connectivity index (χ3n) is 13.2. The number of nitriles is 2. The van der Waals surface area contributed by atoms with E-state index in [1.807, 2.05) is 66.7 Å². The van der Waals surface area contributed by atoms with Gasteiger partial charge in [0.15, 0.2) is 23.2 Å². The van der Waals surface area contributed by atoms with Crippen molar-refractivity contribution in [2.75, 3.05) is 6.54 Å². The fraction of sp³-hybridized carbons (Fsp3) is 0.0500. The van der Waals surface area contributed by atoms with Crippen LogP contribution in [0.3, 0.4) is 0 Å². The molecule has 0 bridgehead atoms. The maximum absolute atomic E-state index is 11.3. The number of aromatic nitrogens is 1. The number of hydrogen-bond donors (Lipinski definition) is 4. The van der Waals surface area contributed by atoms with E-state index in [0.29, 0.717) is 34.4 Å². The maximum atomic E-state index is 11.3. The van der Waals surface area contributed by atoms with Crippen molar-refractivity contribution in [1.82, 2.24) is 4.57 Å². The van der Waals surface area contributed by atoms with E-state index in [4.69, 9.17) is 17.8 Å². The Bertz CT molecular complexity index is 4060. The number of rotatable bonds is 8. The number of allylic oxidation sites excluding steroid dienone is 3. The SMILES string of the molecule is [B]c1c(O)c(O)c(O)c(O)c1C(N=C)=NC(=NCC1C=CC=CC1)c1cc(-n2c3ccccc3c3ccc(-c4c(C#N)cccc4C#N)cc32)cc2c1sc1c(-c3cccc(-c4ccccc4)c3)cccc12. The molecule has 1 aliphatic carbocycles. The van der Waals surface area contributed by atoms with Crippen LogP contribution in [-0.2, 0) is 0 Å². The van der Waals surface area contributed by atoms with Crippen LogP contribution in [0.15, 0.2) is 185 Å². The van der Waals surface area contributed by atoms with Gasteiger partial charge in [-0.05, 0) is 88.9 Å². The molecule has 72 heavy (non-hydrogen) atoms. The first-order chi connectivity index (χ1) is 35.2. The van der Waals surface area contributed by atoms with Gasteiger partial charge in [0.1, 0.15) is 7.85 Å². The van der Waals surface area contributed by atoms with Gasteiger partial charge >= 0.3 is 0 Å². The minimum absolute atomic E-state index is 0.00972. The van der Waals surface area contributed by atoms with Crippen molar-refractivity contribution < 1.29 is 20.4 Å². The van der Waals surface area contributed by atoms with Crippen molar-refractivity contribution in [3.8, 4) is 74.2 Å². The molecule has 8 aromatic carbocycles. The zero-order valence-electron chi connectivity index (χ0n) is 38.3. The zero-order chi connectivity index (χ0) is 49.6. The third kappa shape index (κ3) is 7.64. The molecule has 11 rings (SSSR count). The number of aliphatic imine (C=N–C) groups is 3. The van der Waals surface area contributed by atoms with Crippen LogP contribution < -0.4 is 5.46 Å². The smallest absolute Gasteiger partial charge is 0.205 e. The minimum Gasteiger partial charge on any atom is -0.505 e. The summed E-state index contributed by atoms with van der Waals surface area (Å²) in [6.45, 7) is 4.06. The lowest BCUT2D eigenvalue weighted by atomic mass is 9.87. The first kappa shape index (κ1) is 45.0. The second-order valence-corrected chi connectivity index (χ2v) is 18.4. The Morgan fingerprint density at radius 2 is 1.33 bits per heavy atom. The summed E-state index contributed by atoms with van der Waals surface area (Å²) in [5.41, 5.74) is 8.44. The summed E-state index contributed by atoms with van der Waals surface area (Å²) < 4.78 is 4.01. The molecule has 10 nitrogen and oxygen atoms in total. The Morgan fingerprint density at radius 3 is 2.10 bits per heavy atom. The van der Waals surface area contributed by atoms with E-state index in [9.17, 15) is 30.9 Å². The molecule has 0 aliphatic heterocycles. The predicted octanol–water partition coefficient (Wildman–Crippen LogP) is 12.5. The second kappa shape index (κ2) is 18.4. The first-order valence-electron chi connectivity index (χ1n) is 23.0. The summed E-state index contributed by atoms with van der Waals surface area (Å²) in [7, 11) is 6.34. The molecule has 342 valence electrons. The molecular formula is C60H39BN6O4S. The molecule has 0 spiro atoms. The van der Waals surface area contributed by atoms with Crippen LogP contribution in [0, 0.1) is 28.6 Å². The van der Waals surface area contributed by atoms with Crippen LogP contribution in [0.2, 0.25) is 0 Å². The van der Waals surface area contributed by atoms with Gasteiger partial charge in [-0.3, -0.25) is 4.99 Å². The number of nitrogens with zero attached hydrogens (tertiary/aromatic N) is 6. The van der Waals surface area contributed by atoms with Crippen LogP contribution in [0.1, 0.15) is 28.7 Å². The number of benzene rings is 8. The highest BCUT2D eigenvalue weighted by Crippen LogP contribution is 2.46. The van der Waals surface area contributed by atoms with E-state index >= 15 is 0 Å². The second-order valence-electron chi connectivity index (χ2n) is 17.4. The average Bonchev–Trinajstić information content (AvgIpc) is 3.98. The predicted molar refractivity (Wildman–Crippen MR) is 292 cm³/mol. The van der Waals surface area contributed by atoms with Crippen LogP contribution in [0.4, 0.5) is 0 Å². The molecule has 2 aromatic heterocycles. The highest BCUT2D eigenvalue weighted by molar-refractivity contribution is 7.26. The van der Waals surface area contributed by atoms with Gasteiger partial charge in [0.05, 0.1) is 39.9 Å². The van der Waals surface area contributed by atoms with Crippen LogP contribution in [-0.4, -0.2) is 57.8 Å². The maximum Gasteiger partial charge on any atom is 0.205 e. The van der Waals surface area contributed by atoms with E-state index in [1.165, 1.54) is 0 Å². The van der Waals surface area contributed by atoms with E-state index in [-0.39, 0.29) is 23.2 Å². The van der Waals surface area contributed by atoms with Gasteiger partial charge < -0.3 is 25.0 Å². The molecular weight excluding hydrogens is 912 g/mol. The van der Waals surface area contributed by atoms with Gasteiger partial charge in [0.2, 0.25) is 11.5 Å². The summed E-state index contributed by atoms with van der Waals surface area (Å²) >= 11 is 1.59. The summed E-state index contributed by atoms with van der Waals surface area (Å²) in [4.78, 5) is 14.4. The number of phenolic OH excluding ortho intramolecular Hbond substituents is 4. The van der Waals surface area contributed by atoms with Crippen molar-refractivity contribution in [3.63, 3.8) is 0 Å². The number of para-hydroxylation sites is 1. The molecule has 2 radical (unpaired) electrons. The molecule has 4 N–H and O–H groups in total. The average molecular weight is 951 g/mol. The van der Waals surface area contributed by atoms with Crippen molar-refractivity contribution in [2.24, 2.45) is 20.9 Å². The lowest BCUT2D eigenvalue weighted by molar-refractivity contribution is 0.347. The van der Waals surface area contributed by atoms with Gasteiger partial charge in [-0.2, -0.15) is 10.5 Å². The quantitative estimate of drug-likeness (QED) is 0.0388. The topological polar surface area (TPSA) is 171 Å². The number of phenols is 4. The van der Waals surface area contributed by atoms with Crippen molar-refractivity contribution >= 4 is 85.0 Å². The number of fused-ring (bicyclic) bond motifs is 6. The molecule has 0 fully saturated rings. The largest absolute Gasteiger partial charge is 0.505 e. The van der Waals surface area contributed by atoms with Crippen molar-refractivity contribution in [3.05, 3.63) is 192 Å². The normalized spacial score (nSPS) is 13.8. The lowest BCUT2D eigenvalue weighted by Crippen LogP contribution is -2.18. The number of hydrogen-bond acceptors (Lipinski definition) is 8. The summed E-state index contributed by atoms with van der Waals surface area (Å²) in [6, 6.07) is 53.0. The summed E-state index contributed by atoms with van der Waals surface area (Å²) in [6.07, 6.45) is 8.85. The highest BCUT2D eigenvalue weighted by Gasteiger charge is 2.26. The molecule has 2 heterocycles. The molecule has 0 saturated carbocycles. The first-order valence-corrected chi connectivity index (χ1v) is 23.8. The van der Waals surface area contributed by atoms with E-state index in [2.05, 4.69) is 113 Å². The fourth-order valence-electron chi connectivity index (χ4n) is 9.72. The van der Waals surface area contributed by atoms with Gasteiger partial charge in [-0.25, -0.2) is 9.98 Å². The molecule has 1 aliphatic rings. The summed E-state index contributed by atoms with van der Waals surface area (Å²) in [5, 5.41) is 67.6. The van der Waals surface area contributed by atoms with Crippen LogP contribution in [0.5, 0.6) is 23.0 Å². The fourth-order valence-corrected chi connectivity index (χ4v) is 11.0. The monoisotopic (exact) mass is 950 g/mol. The molecule has 1 atom stereocenters. The minimum atomic E-state index is -1.01. The lowest BCUT2D eigenvalue weighted by Gasteiger charge is -2.16. The van der Waals surface area contributed by atoms with Crippen molar-refractivity contribution in [1.29, 1.82) is 10.5 Å². The molecule has 0 amide bonds. The summed E-state index contributed by atoms with van der Waals surface area (Å²) in [5.74, 6) is -3.78. The van der Waals surface area contributed by atoms with Crippen LogP contribution in [0.25, 0.3) is 81.0 Å². The molecule has 0 saturated heterocycles. The molecule has 1 unspecified atom stereocenters. The third-order valence-corrected chi connectivity index (χ3v) is 14.5. The Balaban J connectivity index is 1.24. The standard InChI is InChI=1S/C60H39BN6O4S/c1-64-60(51-52(61)54(69)56(71)55(70)53(51)68)66-59(65-33-34-13-4-2-5-14-34)47-30-41(29-46-45-23-12-22-42(57(45)72-58(46)47)37-18-10-17-36(27-37)35-15-6-3-7-16-35)67-48-24-9-8-21-43(48)44-26-25-38(28-49(44)67)50-39(31-62)19-11-20-40(50)32-63/h2-13,15-30,34,68-71H,1,14,33H2. The Kier molecular flexibility index (Phi) is 11.5. The van der Waals surface area contributed by atoms with Gasteiger partial charge in [0.25, 0.3) is 0 Å². The van der Waals surface area contributed by atoms with Gasteiger partial charge in [0, 0.05) is 60.2 Å². The van der Waals surface area contributed by atoms with E-state index in [0.717, 1.165) is 76.3 Å².